The Morgan fingerprint density at radius 1 is 1.14 bits per heavy atom. The van der Waals surface area contributed by atoms with Gasteiger partial charge in [-0.2, -0.15) is 0 Å². The molecule has 5 rings (SSSR count). The molecule has 9 nitrogen and oxygen atoms in total. The Morgan fingerprint density at radius 3 is 2.42 bits per heavy atom. The molecule has 236 valence electrons. The number of allylic oxidation sites excluding steroid dienone is 3. The van der Waals surface area contributed by atoms with E-state index < -0.39 is 15.7 Å². The van der Waals surface area contributed by atoms with Gasteiger partial charge < -0.3 is 19.4 Å². The van der Waals surface area contributed by atoms with Crippen molar-refractivity contribution in [2.24, 2.45) is 11.8 Å². The van der Waals surface area contributed by atoms with E-state index in [1.165, 1.54) is 18.4 Å². The second kappa shape index (κ2) is 13.7. The second-order valence-electron chi connectivity index (χ2n) is 11.7. The first-order chi connectivity index (χ1) is 20.5. The molecule has 0 aromatic carbocycles. The van der Waals surface area contributed by atoms with Crippen molar-refractivity contribution in [2.75, 3.05) is 46.4 Å². The predicted octanol–water partition coefficient (Wildman–Crippen LogP) is 3.05. The summed E-state index contributed by atoms with van der Waals surface area (Å²) >= 11 is 1.45. The van der Waals surface area contributed by atoms with Crippen LogP contribution in [0.15, 0.2) is 34.2 Å². The van der Waals surface area contributed by atoms with Crippen molar-refractivity contribution < 1.29 is 23.3 Å². The van der Waals surface area contributed by atoms with E-state index in [0.29, 0.717) is 55.5 Å². The van der Waals surface area contributed by atoms with Crippen LogP contribution in [-0.4, -0.2) is 99.4 Å². The van der Waals surface area contributed by atoms with Gasteiger partial charge in [0.25, 0.3) is 0 Å². The Morgan fingerprint density at radius 2 is 1.79 bits per heavy atom. The zero-order valence-corrected chi connectivity index (χ0v) is 27.8. The van der Waals surface area contributed by atoms with Gasteiger partial charge in [-0.3, -0.25) is 13.9 Å². The third-order valence-electron chi connectivity index (χ3n) is 8.38. The van der Waals surface area contributed by atoms with Crippen LogP contribution in [0.3, 0.4) is 0 Å². The first kappa shape index (κ1) is 32.9. The Kier molecular flexibility index (Phi) is 10.5. The SMILES string of the molecule is C=C(C)N([C@H]1CCCN(CC(=O)N2CC3CC(C2)CN(C(=O)OC)C3)C1=O)S(=C)(=O)c1cc2c(s1)=CCC=C(C)C=2.CC. The van der Waals surface area contributed by atoms with Gasteiger partial charge in [0.15, 0.2) is 0 Å². The van der Waals surface area contributed by atoms with E-state index in [0.717, 1.165) is 28.2 Å². The molecule has 3 amide bonds. The third-order valence-corrected chi connectivity index (χ3v) is 12.3. The highest BCUT2D eigenvalue weighted by atomic mass is 32.2. The summed E-state index contributed by atoms with van der Waals surface area (Å²) in [5.41, 5.74) is 1.67. The summed E-state index contributed by atoms with van der Waals surface area (Å²) in [7, 11) is -1.66. The molecule has 2 bridgehead atoms. The van der Waals surface area contributed by atoms with E-state index in [4.69, 9.17) is 4.74 Å². The van der Waals surface area contributed by atoms with Crippen LogP contribution >= 0.6 is 11.3 Å². The molecule has 0 saturated carbocycles. The summed E-state index contributed by atoms with van der Waals surface area (Å²) in [6.07, 6.45) is 9.03. The maximum Gasteiger partial charge on any atom is 0.409 e. The van der Waals surface area contributed by atoms with Gasteiger partial charge in [0.05, 0.1) is 23.4 Å². The maximum atomic E-state index is 14.4. The molecule has 1 aliphatic carbocycles. The van der Waals surface area contributed by atoms with E-state index in [-0.39, 0.29) is 36.3 Å². The van der Waals surface area contributed by atoms with E-state index >= 15 is 0 Å². The average molecular weight is 631 g/mol. The van der Waals surface area contributed by atoms with Gasteiger partial charge in [0.1, 0.15) is 10.3 Å². The molecule has 1 aromatic rings. The number of rotatable bonds is 6. The highest BCUT2D eigenvalue weighted by Crippen LogP contribution is 2.31. The Balaban J connectivity index is 0.00000207. The molecular formula is C32H46N4O5S2. The monoisotopic (exact) mass is 630 g/mol. The van der Waals surface area contributed by atoms with Gasteiger partial charge >= 0.3 is 6.09 Å². The molecular weight excluding hydrogens is 585 g/mol. The van der Waals surface area contributed by atoms with E-state index in [1.807, 2.05) is 31.7 Å². The van der Waals surface area contributed by atoms with Crippen molar-refractivity contribution >= 4 is 57.0 Å². The lowest BCUT2D eigenvalue weighted by molar-refractivity contribution is -0.146. The van der Waals surface area contributed by atoms with Gasteiger partial charge in [-0.05, 0) is 68.5 Å². The van der Waals surface area contributed by atoms with Gasteiger partial charge in [-0.15, -0.1) is 11.3 Å². The van der Waals surface area contributed by atoms with Crippen molar-refractivity contribution in [3.05, 3.63) is 39.7 Å². The van der Waals surface area contributed by atoms with Gasteiger partial charge in [0, 0.05) is 43.0 Å². The topological polar surface area (TPSA) is 90.5 Å². The number of hydrogen-bond donors (Lipinski definition) is 0. The van der Waals surface area contributed by atoms with E-state index in [1.54, 1.807) is 21.0 Å². The molecule has 3 saturated heterocycles. The first-order valence-electron chi connectivity index (χ1n) is 15.2. The number of amides is 3. The molecule has 1 aromatic heterocycles. The standard InChI is InChI=1S/C30H40N4O5S2.C2H6/c1-20(2)34(41(5,38)28-14-24-12-21(3)8-6-10-26(24)40-28)25-9-7-11-31(29(25)36)19-27(35)32-15-22-13-23(16-32)18-33(17-22)30(37)39-4;1-2/h8,10,12,14,22-23,25H,1,5-7,9,11,13,15-19H2,2-4H3;1-2H3/t22?,23?,25-,41?;/m0./s1. The summed E-state index contributed by atoms with van der Waals surface area (Å²) in [6.45, 7) is 14.6. The van der Waals surface area contributed by atoms with Crippen LogP contribution in [0.2, 0.25) is 0 Å². The van der Waals surface area contributed by atoms with Crippen LogP contribution < -0.4 is 9.75 Å². The number of nitrogens with zero attached hydrogens (tertiary/aromatic N) is 4. The van der Waals surface area contributed by atoms with Crippen LogP contribution in [-0.2, 0) is 24.0 Å². The van der Waals surface area contributed by atoms with E-state index in [9.17, 15) is 18.6 Å². The van der Waals surface area contributed by atoms with Crippen LogP contribution in [0, 0.1) is 11.8 Å². The zero-order valence-electron chi connectivity index (χ0n) is 26.2. The fourth-order valence-electron chi connectivity index (χ4n) is 6.62. The number of ether oxygens (including phenoxy) is 1. The molecule has 0 spiro atoms. The van der Waals surface area contributed by atoms with Crippen molar-refractivity contribution in [3.8, 4) is 0 Å². The highest BCUT2D eigenvalue weighted by molar-refractivity contribution is 8.00. The van der Waals surface area contributed by atoms with Crippen LogP contribution in [0.5, 0.6) is 0 Å². The highest BCUT2D eigenvalue weighted by Gasteiger charge is 2.41. The maximum absolute atomic E-state index is 14.4. The number of carbonyl (C=O) groups excluding carboxylic acids is 3. The molecule has 0 radical (unpaired) electrons. The Bertz CT molecular complexity index is 1500. The van der Waals surface area contributed by atoms with Gasteiger partial charge in [0.2, 0.25) is 11.8 Å². The van der Waals surface area contributed by atoms with Crippen LogP contribution in [0.4, 0.5) is 4.79 Å². The third kappa shape index (κ3) is 7.03. The van der Waals surface area contributed by atoms with Crippen LogP contribution in [0.1, 0.15) is 53.4 Å². The quantitative estimate of drug-likeness (QED) is 0.451. The van der Waals surface area contributed by atoms with Crippen molar-refractivity contribution in [3.63, 3.8) is 0 Å². The number of fused-ring (bicyclic) bond motifs is 3. The smallest absolute Gasteiger partial charge is 0.409 e. The van der Waals surface area contributed by atoms with Crippen molar-refractivity contribution in [2.45, 2.75) is 63.6 Å². The Labute approximate surface area is 260 Å². The number of piperidine rings is 3. The summed E-state index contributed by atoms with van der Waals surface area (Å²) in [6, 6.07) is 1.22. The number of likely N-dealkylation sites (tertiary alicyclic amines) is 3. The Hall–Kier alpha value is -3.05. The fourth-order valence-corrected chi connectivity index (χ4v) is 10.1. The number of hydrogen-bond acceptors (Lipinski definition) is 6. The fraction of sp³-hybridized carbons (Fsp3) is 0.562. The summed E-state index contributed by atoms with van der Waals surface area (Å²) in [5, 5.41) is 1.01. The lowest BCUT2D eigenvalue weighted by atomic mass is 9.85. The predicted molar refractivity (Wildman–Crippen MR) is 174 cm³/mol. The first-order valence-corrected chi connectivity index (χ1v) is 17.7. The number of thiophene rings is 1. The average Bonchev–Trinajstić information content (AvgIpc) is 3.29. The molecule has 4 heterocycles. The van der Waals surface area contributed by atoms with Crippen molar-refractivity contribution in [1.82, 2.24) is 19.0 Å². The molecule has 3 fully saturated rings. The summed E-state index contributed by atoms with van der Waals surface area (Å²) in [5.74, 6) is 4.24. The zero-order chi connectivity index (χ0) is 31.5. The summed E-state index contributed by atoms with van der Waals surface area (Å²) in [4.78, 5) is 44.5. The number of methoxy groups -OCH3 is 1. The lowest BCUT2D eigenvalue weighted by Gasteiger charge is -2.46. The van der Waals surface area contributed by atoms with E-state index in [2.05, 4.69) is 30.7 Å². The molecule has 4 aliphatic rings. The molecule has 0 N–H and O–H groups in total. The minimum atomic E-state index is -3.05. The molecule has 4 atom stereocenters. The minimum Gasteiger partial charge on any atom is -0.453 e. The van der Waals surface area contributed by atoms with Gasteiger partial charge in [-0.1, -0.05) is 44.2 Å². The van der Waals surface area contributed by atoms with Gasteiger partial charge in [-0.25, -0.2) is 9.00 Å². The van der Waals surface area contributed by atoms with Crippen LogP contribution in [0.25, 0.3) is 12.2 Å². The molecule has 11 heteroatoms. The second-order valence-corrected chi connectivity index (χ2v) is 15.1. The minimum absolute atomic E-state index is 0.0132. The molecule has 43 heavy (non-hydrogen) atoms. The largest absolute Gasteiger partial charge is 0.453 e. The molecule has 3 aliphatic heterocycles. The van der Waals surface area contributed by atoms with Crippen molar-refractivity contribution in [1.29, 1.82) is 0 Å². The number of carbonyl (C=O) groups is 3. The normalized spacial score (nSPS) is 24.5. The summed E-state index contributed by atoms with van der Waals surface area (Å²) < 4.78 is 22.5. The molecule has 3 unspecified atom stereocenters. The lowest BCUT2D eigenvalue weighted by Crippen LogP contribution is -2.58.